The lowest BCUT2D eigenvalue weighted by molar-refractivity contribution is 0.345. The van der Waals surface area contributed by atoms with Gasteiger partial charge in [-0.1, -0.05) is 5.16 Å². The Bertz CT molecular complexity index is 503. The molecular formula is C12H12FN3O. The van der Waals surface area contributed by atoms with Crippen LogP contribution in [0.1, 0.15) is 24.8 Å². The molecule has 0 amide bonds. The molecule has 3 rings (SSSR count). The predicted molar refractivity (Wildman–Crippen MR) is 59.7 cm³/mol. The van der Waals surface area contributed by atoms with Gasteiger partial charge in [0.1, 0.15) is 5.82 Å². The van der Waals surface area contributed by atoms with Crippen molar-refractivity contribution in [3.63, 3.8) is 0 Å². The Kier molecular flexibility index (Phi) is 2.60. The second-order valence-corrected chi connectivity index (χ2v) is 4.11. The predicted octanol–water partition coefficient (Wildman–Crippen LogP) is 2.30. The van der Waals surface area contributed by atoms with Crippen molar-refractivity contribution in [3.05, 3.63) is 36.0 Å². The van der Waals surface area contributed by atoms with Crippen LogP contribution < -0.4 is 5.32 Å². The third-order valence-corrected chi connectivity index (χ3v) is 2.90. The number of hydrogen-bond donors (Lipinski definition) is 1. The van der Waals surface area contributed by atoms with E-state index < -0.39 is 0 Å². The van der Waals surface area contributed by atoms with Crippen LogP contribution in [0.4, 0.5) is 4.39 Å². The number of rotatable bonds is 2. The van der Waals surface area contributed by atoms with Gasteiger partial charge in [-0.25, -0.2) is 4.39 Å². The second kappa shape index (κ2) is 4.25. The standard InChI is InChI=1S/C12H12FN3O/c13-9-5-3-8(4-6-9)11-15-12(17-16-11)10-2-1-7-14-10/h3-6,10,14H,1-2,7H2. The zero-order valence-corrected chi connectivity index (χ0v) is 9.19. The summed E-state index contributed by atoms with van der Waals surface area (Å²) >= 11 is 0. The Morgan fingerprint density at radius 2 is 2.12 bits per heavy atom. The number of aromatic nitrogens is 2. The molecule has 0 spiro atoms. The van der Waals surface area contributed by atoms with Crippen molar-refractivity contribution in [2.75, 3.05) is 6.54 Å². The van der Waals surface area contributed by atoms with E-state index in [9.17, 15) is 4.39 Å². The van der Waals surface area contributed by atoms with Crippen LogP contribution >= 0.6 is 0 Å². The Morgan fingerprint density at radius 1 is 1.29 bits per heavy atom. The fraction of sp³-hybridized carbons (Fsp3) is 0.333. The molecule has 2 aromatic rings. The van der Waals surface area contributed by atoms with E-state index in [1.807, 2.05) is 0 Å². The summed E-state index contributed by atoms with van der Waals surface area (Å²) in [5, 5.41) is 7.20. The molecule has 1 saturated heterocycles. The molecule has 1 aromatic heterocycles. The van der Waals surface area contributed by atoms with Crippen molar-refractivity contribution < 1.29 is 8.91 Å². The zero-order chi connectivity index (χ0) is 11.7. The van der Waals surface area contributed by atoms with E-state index in [0.717, 1.165) is 24.9 Å². The number of benzene rings is 1. The van der Waals surface area contributed by atoms with E-state index in [1.165, 1.54) is 12.1 Å². The SMILES string of the molecule is Fc1ccc(-c2noc(C3CCCN3)n2)cc1. The number of nitrogens with zero attached hydrogens (tertiary/aromatic N) is 2. The van der Waals surface area contributed by atoms with Gasteiger partial charge in [-0.05, 0) is 43.7 Å². The van der Waals surface area contributed by atoms with Gasteiger partial charge in [-0.3, -0.25) is 0 Å². The van der Waals surface area contributed by atoms with Crippen LogP contribution in [-0.2, 0) is 0 Å². The number of nitrogens with one attached hydrogen (secondary N) is 1. The molecule has 17 heavy (non-hydrogen) atoms. The molecule has 1 fully saturated rings. The molecule has 0 aliphatic carbocycles. The third kappa shape index (κ3) is 2.06. The zero-order valence-electron chi connectivity index (χ0n) is 9.19. The lowest BCUT2D eigenvalue weighted by Crippen LogP contribution is -2.12. The van der Waals surface area contributed by atoms with Crippen LogP contribution in [0, 0.1) is 5.82 Å². The maximum Gasteiger partial charge on any atom is 0.244 e. The summed E-state index contributed by atoms with van der Waals surface area (Å²) in [6.45, 7) is 0.985. The van der Waals surface area contributed by atoms with Crippen LogP contribution in [0.15, 0.2) is 28.8 Å². The molecule has 0 saturated carbocycles. The van der Waals surface area contributed by atoms with Crippen molar-refractivity contribution >= 4 is 0 Å². The minimum atomic E-state index is -0.269. The monoisotopic (exact) mass is 233 g/mol. The Balaban J connectivity index is 1.86. The maximum atomic E-state index is 12.8. The van der Waals surface area contributed by atoms with Crippen molar-refractivity contribution in [2.24, 2.45) is 0 Å². The molecule has 1 aliphatic rings. The van der Waals surface area contributed by atoms with Gasteiger partial charge in [-0.15, -0.1) is 0 Å². The topological polar surface area (TPSA) is 51.0 Å². The fourth-order valence-electron chi connectivity index (χ4n) is 1.99. The van der Waals surface area contributed by atoms with Gasteiger partial charge in [0, 0.05) is 5.56 Å². The van der Waals surface area contributed by atoms with Crippen LogP contribution in [-0.4, -0.2) is 16.7 Å². The van der Waals surface area contributed by atoms with E-state index in [-0.39, 0.29) is 11.9 Å². The smallest absolute Gasteiger partial charge is 0.244 e. The first-order chi connectivity index (χ1) is 8.33. The number of halogens is 1. The van der Waals surface area contributed by atoms with E-state index >= 15 is 0 Å². The third-order valence-electron chi connectivity index (χ3n) is 2.90. The van der Waals surface area contributed by atoms with Crippen molar-refractivity contribution in [3.8, 4) is 11.4 Å². The molecule has 2 heterocycles. The highest BCUT2D eigenvalue weighted by molar-refractivity contribution is 5.53. The highest BCUT2D eigenvalue weighted by atomic mass is 19.1. The minimum absolute atomic E-state index is 0.164. The van der Waals surface area contributed by atoms with E-state index in [1.54, 1.807) is 12.1 Å². The first-order valence-electron chi connectivity index (χ1n) is 5.66. The average Bonchev–Trinajstić information content (AvgIpc) is 3.00. The molecule has 4 nitrogen and oxygen atoms in total. The van der Waals surface area contributed by atoms with Gasteiger partial charge in [0.15, 0.2) is 0 Å². The quantitative estimate of drug-likeness (QED) is 0.864. The van der Waals surface area contributed by atoms with Gasteiger partial charge in [0.25, 0.3) is 0 Å². The van der Waals surface area contributed by atoms with Gasteiger partial charge in [-0.2, -0.15) is 4.98 Å². The summed E-state index contributed by atoms with van der Waals surface area (Å²) in [5.41, 5.74) is 0.763. The first-order valence-corrected chi connectivity index (χ1v) is 5.66. The van der Waals surface area contributed by atoms with Gasteiger partial charge < -0.3 is 9.84 Å². The molecular weight excluding hydrogens is 221 g/mol. The van der Waals surface area contributed by atoms with E-state index in [2.05, 4.69) is 15.5 Å². The summed E-state index contributed by atoms with van der Waals surface area (Å²) in [4.78, 5) is 4.33. The van der Waals surface area contributed by atoms with E-state index in [4.69, 9.17) is 4.52 Å². The number of hydrogen-bond acceptors (Lipinski definition) is 4. The van der Waals surface area contributed by atoms with Gasteiger partial charge >= 0.3 is 0 Å². The molecule has 1 N–H and O–H groups in total. The van der Waals surface area contributed by atoms with E-state index in [0.29, 0.717) is 11.7 Å². The normalized spacial score (nSPS) is 19.7. The molecule has 1 aromatic carbocycles. The molecule has 1 unspecified atom stereocenters. The van der Waals surface area contributed by atoms with Crippen LogP contribution in [0.25, 0.3) is 11.4 Å². The molecule has 88 valence electrons. The van der Waals surface area contributed by atoms with Crippen molar-refractivity contribution in [1.82, 2.24) is 15.5 Å². The molecule has 0 bridgehead atoms. The van der Waals surface area contributed by atoms with Crippen molar-refractivity contribution in [1.29, 1.82) is 0 Å². The highest BCUT2D eigenvalue weighted by Crippen LogP contribution is 2.24. The largest absolute Gasteiger partial charge is 0.337 e. The Labute approximate surface area is 97.8 Å². The van der Waals surface area contributed by atoms with Crippen LogP contribution in [0.3, 0.4) is 0 Å². The first kappa shape index (κ1) is 10.4. The van der Waals surface area contributed by atoms with Gasteiger partial charge in [0.2, 0.25) is 11.7 Å². The molecule has 1 aliphatic heterocycles. The summed E-state index contributed by atoms with van der Waals surface area (Å²) in [7, 11) is 0. The lowest BCUT2D eigenvalue weighted by atomic mass is 10.2. The summed E-state index contributed by atoms with van der Waals surface area (Å²) < 4.78 is 18.0. The lowest BCUT2D eigenvalue weighted by Gasteiger charge is -2.01. The van der Waals surface area contributed by atoms with Crippen molar-refractivity contribution in [2.45, 2.75) is 18.9 Å². The summed E-state index contributed by atoms with van der Waals surface area (Å²) in [6.07, 6.45) is 2.14. The summed E-state index contributed by atoms with van der Waals surface area (Å²) in [6, 6.07) is 6.23. The average molecular weight is 233 g/mol. The minimum Gasteiger partial charge on any atom is -0.337 e. The second-order valence-electron chi connectivity index (χ2n) is 4.11. The van der Waals surface area contributed by atoms with Gasteiger partial charge in [0.05, 0.1) is 6.04 Å². The highest BCUT2D eigenvalue weighted by Gasteiger charge is 2.22. The fourth-order valence-corrected chi connectivity index (χ4v) is 1.99. The van der Waals surface area contributed by atoms with Crippen LogP contribution in [0.5, 0.6) is 0 Å². The molecule has 0 radical (unpaired) electrons. The molecule has 1 atom stereocenters. The maximum absolute atomic E-state index is 12.8. The molecule has 5 heteroatoms. The summed E-state index contributed by atoms with van der Waals surface area (Å²) in [5.74, 6) is 0.852. The van der Waals surface area contributed by atoms with Crippen LogP contribution in [0.2, 0.25) is 0 Å². The Morgan fingerprint density at radius 3 is 2.82 bits per heavy atom. The Hall–Kier alpha value is -1.75.